The number of likely N-dealkylation sites (tertiary alicyclic amines) is 1. The predicted octanol–water partition coefficient (Wildman–Crippen LogP) is 1.17. The summed E-state index contributed by atoms with van der Waals surface area (Å²) in [6, 6.07) is 9.87. The fourth-order valence-electron chi connectivity index (χ4n) is 3.64. The fraction of sp³-hybridized carbons (Fsp3) is 0.333. The highest BCUT2D eigenvalue weighted by atomic mass is 16.3. The molecule has 1 fully saturated rings. The second-order valence-corrected chi connectivity index (χ2v) is 7.14. The molecule has 0 spiro atoms. The van der Waals surface area contributed by atoms with Crippen LogP contribution in [-0.4, -0.2) is 46.6 Å². The van der Waals surface area contributed by atoms with Gasteiger partial charge in [0, 0.05) is 56.1 Å². The summed E-state index contributed by atoms with van der Waals surface area (Å²) < 4.78 is 0. The van der Waals surface area contributed by atoms with E-state index < -0.39 is 5.60 Å². The third kappa shape index (κ3) is 3.22. The van der Waals surface area contributed by atoms with Crippen LogP contribution in [0.3, 0.4) is 0 Å². The number of fused-ring (bicyclic) bond motifs is 1. The Kier molecular flexibility index (Phi) is 4.25. The third-order valence-electron chi connectivity index (χ3n) is 5.32. The zero-order valence-corrected chi connectivity index (χ0v) is 15.3. The lowest BCUT2D eigenvalue weighted by Gasteiger charge is -2.31. The number of anilines is 2. The molecule has 0 unspecified atom stereocenters. The number of hydrogen-bond donors (Lipinski definition) is 2. The van der Waals surface area contributed by atoms with Crippen molar-refractivity contribution in [1.82, 2.24) is 9.88 Å². The highest BCUT2D eigenvalue weighted by molar-refractivity contribution is 5.90. The zero-order valence-electron chi connectivity index (χ0n) is 15.3. The summed E-state index contributed by atoms with van der Waals surface area (Å²) >= 11 is 0. The zero-order chi connectivity index (χ0) is 19.0. The maximum atomic E-state index is 12.1. The van der Waals surface area contributed by atoms with Crippen molar-refractivity contribution in [1.29, 1.82) is 0 Å². The van der Waals surface area contributed by atoms with Crippen molar-refractivity contribution in [2.45, 2.75) is 25.0 Å². The lowest BCUT2D eigenvalue weighted by atomic mass is 10.00. The van der Waals surface area contributed by atoms with Gasteiger partial charge in [0.25, 0.3) is 5.91 Å². The van der Waals surface area contributed by atoms with Gasteiger partial charge in [0.2, 0.25) is 5.60 Å². The number of aromatic nitrogens is 1. The van der Waals surface area contributed by atoms with Gasteiger partial charge in [0.05, 0.1) is 0 Å². The van der Waals surface area contributed by atoms with E-state index in [0.717, 1.165) is 29.8 Å². The molecule has 27 heavy (non-hydrogen) atoms. The largest absolute Gasteiger partial charge is 0.383 e. The maximum Gasteiger partial charge on any atom is 0.267 e. The first-order valence-corrected chi connectivity index (χ1v) is 9.05. The Hall–Kier alpha value is -3.04. The molecule has 6 heteroatoms. The van der Waals surface area contributed by atoms with Crippen LogP contribution < -0.4 is 10.6 Å². The average Bonchev–Trinajstić information content (AvgIpc) is 2.95. The number of nitrogens with zero attached hydrogens (tertiary/aromatic N) is 3. The van der Waals surface area contributed by atoms with Crippen LogP contribution in [0.1, 0.15) is 23.1 Å². The number of likely N-dealkylation sites (N-methyl/N-ethyl adjacent to an activating group) is 1. The van der Waals surface area contributed by atoms with Crippen LogP contribution >= 0.6 is 0 Å². The van der Waals surface area contributed by atoms with Crippen LogP contribution in [0.5, 0.6) is 0 Å². The topological polar surface area (TPSA) is 82.7 Å². The Morgan fingerprint density at radius 1 is 1.30 bits per heavy atom. The number of pyridine rings is 1. The minimum atomic E-state index is -1.57. The van der Waals surface area contributed by atoms with E-state index in [1.165, 1.54) is 10.5 Å². The number of amides is 1. The van der Waals surface area contributed by atoms with Gasteiger partial charge in [0.15, 0.2) is 0 Å². The number of hydrogen-bond acceptors (Lipinski definition) is 5. The molecule has 4 rings (SSSR count). The van der Waals surface area contributed by atoms with Crippen molar-refractivity contribution in [3.05, 3.63) is 53.2 Å². The van der Waals surface area contributed by atoms with E-state index in [4.69, 9.17) is 5.73 Å². The molecule has 6 nitrogen and oxygen atoms in total. The number of nitrogens with two attached hydrogens (primary N) is 1. The normalized spacial score (nSPS) is 21.6. The number of carbonyl (C=O) groups is 1. The predicted molar refractivity (Wildman–Crippen MR) is 104 cm³/mol. The minimum Gasteiger partial charge on any atom is -0.383 e. The van der Waals surface area contributed by atoms with Gasteiger partial charge < -0.3 is 20.6 Å². The summed E-state index contributed by atoms with van der Waals surface area (Å²) in [6.07, 6.45) is 3.01. The van der Waals surface area contributed by atoms with Crippen LogP contribution in [-0.2, 0) is 17.8 Å². The van der Waals surface area contributed by atoms with Gasteiger partial charge in [-0.15, -0.1) is 0 Å². The molecule has 2 aliphatic rings. The van der Waals surface area contributed by atoms with E-state index in [9.17, 15) is 9.90 Å². The summed E-state index contributed by atoms with van der Waals surface area (Å²) in [4.78, 5) is 20.0. The Labute approximate surface area is 158 Å². The lowest BCUT2D eigenvalue weighted by molar-refractivity contribution is -0.137. The number of rotatable bonds is 1. The van der Waals surface area contributed by atoms with Crippen molar-refractivity contribution in [3.8, 4) is 11.8 Å². The van der Waals surface area contributed by atoms with Gasteiger partial charge in [-0.1, -0.05) is 17.9 Å². The lowest BCUT2D eigenvalue weighted by Crippen LogP contribution is -2.37. The molecule has 2 aliphatic heterocycles. The molecule has 1 amide bonds. The number of nitrogen functional groups attached to an aromatic ring is 1. The Morgan fingerprint density at radius 3 is 2.93 bits per heavy atom. The summed E-state index contributed by atoms with van der Waals surface area (Å²) in [5.41, 5.74) is 8.61. The molecule has 0 aliphatic carbocycles. The van der Waals surface area contributed by atoms with Gasteiger partial charge in [-0.05, 0) is 36.2 Å². The second-order valence-electron chi connectivity index (χ2n) is 7.14. The molecule has 1 saturated heterocycles. The number of carbonyl (C=O) groups excluding carboxylic acids is 1. The summed E-state index contributed by atoms with van der Waals surface area (Å²) in [5, 5.41) is 10.5. The van der Waals surface area contributed by atoms with Crippen LogP contribution in [0.15, 0.2) is 36.5 Å². The minimum absolute atomic E-state index is 0.332. The number of aliphatic hydroxyl groups is 1. The summed E-state index contributed by atoms with van der Waals surface area (Å²) in [6.45, 7) is 2.12. The van der Waals surface area contributed by atoms with Crippen LogP contribution in [0.2, 0.25) is 0 Å². The van der Waals surface area contributed by atoms with Crippen molar-refractivity contribution in [3.63, 3.8) is 0 Å². The van der Waals surface area contributed by atoms with Crippen LogP contribution in [0, 0.1) is 11.8 Å². The molecule has 0 saturated carbocycles. The molecule has 0 bridgehead atoms. The monoisotopic (exact) mass is 362 g/mol. The quantitative estimate of drug-likeness (QED) is 0.744. The molecule has 3 heterocycles. The molecule has 0 radical (unpaired) electrons. The van der Waals surface area contributed by atoms with Crippen molar-refractivity contribution in [2.24, 2.45) is 0 Å². The van der Waals surface area contributed by atoms with Crippen molar-refractivity contribution >= 4 is 17.4 Å². The Balaban J connectivity index is 1.57. The standard InChI is InChI=1S/C21H22N4O2/c1-24-12-9-21(27,20(24)26)8-5-15-3-2-4-17(13-15)25-11-7-16-6-10-23-19(22)18(16)14-25/h2-4,6,10,13,27H,7,9,11-12,14H2,1H3,(H2,22,23)/t21-/m0/s1. The SMILES string of the molecule is CN1CC[C@@](O)(C#Cc2cccc(N3CCc4ccnc(N)c4C3)c2)C1=O. The first-order chi connectivity index (χ1) is 13.0. The summed E-state index contributed by atoms with van der Waals surface area (Å²) in [5.74, 6) is 6.00. The molecular weight excluding hydrogens is 340 g/mol. The highest BCUT2D eigenvalue weighted by Gasteiger charge is 2.42. The molecule has 1 aromatic carbocycles. The van der Waals surface area contributed by atoms with E-state index in [2.05, 4.69) is 21.7 Å². The van der Waals surface area contributed by atoms with Crippen LogP contribution in [0.4, 0.5) is 11.5 Å². The van der Waals surface area contributed by atoms with Gasteiger partial charge >= 0.3 is 0 Å². The fourth-order valence-corrected chi connectivity index (χ4v) is 3.64. The molecule has 3 N–H and O–H groups in total. The second kappa shape index (κ2) is 6.60. The van der Waals surface area contributed by atoms with E-state index in [1.54, 1.807) is 13.2 Å². The van der Waals surface area contributed by atoms with Gasteiger partial charge in [-0.2, -0.15) is 0 Å². The van der Waals surface area contributed by atoms with E-state index in [1.807, 2.05) is 30.3 Å². The Bertz CT molecular complexity index is 962. The first-order valence-electron chi connectivity index (χ1n) is 9.05. The van der Waals surface area contributed by atoms with Gasteiger partial charge in [0.1, 0.15) is 5.82 Å². The smallest absolute Gasteiger partial charge is 0.267 e. The highest BCUT2D eigenvalue weighted by Crippen LogP contribution is 2.27. The van der Waals surface area contributed by atoms with E-state index >= 15 is 0 Å². The van der Waals surface area contributed by atoms with Gasteiger partial charge in [-0.3, -0.25) is 4.79 Å². The number of benzene rings is 1. The van der Waals surface area contributed by atoms with Crippen molar-refractivity contribution in [2.75, 3.05) is 30.8 Å². The van der Waals surface area contributed by atoms with Gasteiger partial charge in [-0.25, -0.2) is 4.98 Å². The molecular formula is C21H22N4O2. The first kappa shape index (κ1) is 17.4. The van der Waals surface area contributed by atoms with Crippen LogP contribution in [0.25, 0.3) is 0 Å². The molecule has 2 aromatic rings. The third-order valence-corrected chi connectivity index (χ3v) is 5.32. The maximum absolute atomic E-state index is 12.1. The molecule has 1 atom stereocenters. The summed E-state index contributed by atoms with van der Waals surface area (Å²) in [7, 11) is 1.68. The van der Waals surface area contributed by atoms with Crippen molar-refractivity contribution < 1.29 is 9.90 Å². The molecule has 1 aromatic heterocycles. The van der Waals surface area contributed by atoms with E-state index in [0.29, 0.717) is 25.3 Å². The average molecular weight is 362 g/mol. The Morgan fingerprint density at radius 2 is 2.15 bits per heavy atom. The molecule has 138 valence electrons. The van der Waals surface area contributed by atoms with E-state index in [-0.39, 0.29) is 5.91 Å².